The quantitative estimate of drug-likeness (QED) is 0.710. The highest BCUT2D eigenvalue weighted by Gasteiger charge is 2.15. The third kappa shape index (κ3) is 4.10. The molecule has 126 valence electrons. The Hall–Kier alpha value is -2.99. The lowest BCUT2D eigenvalue weighted by atomic mass is 9.99. The molecule has 6 heteroatoms. The molecule has 0 fully saturated rings. The number of esters is 1. The number of hydrogen-bond acceptors (Lipinski definition) is 5. The maximum absolute atomic E-state index is 12.6. The van der Waals surface area contributed by atoms with Crippen LogP contribution in [0.5, 0.6) is 0 Å². The molecule has 0 aliphatic heterocycles. The van der Waals surface area contributed by atoms with Crippen LogP contribution in [0.2, 0.25) is 0 Å². The van der Waals surface area contributed by atoms with E-state index >= 15 is 0 Å². The van der Waals surface area contributed by atoms with Gasteiger partial charge in [0, 0.05) is 5.56 Å². The normalized spacial score (nSPS) is 10.3. The fourth-order valence-corrected chi connectivity index (χ4v) is 3.13. The van der Waals surface area contributed by atoms with Gasteiger partial charge in [-0.05, 0) is 23.6 Å². The first-order valence-electron chi connectivity index (χ1n) is 7.64. The van der Waals surface area contributed by atoms with Crippen molar-refractivity contribution in [2.24, 2.45) is 0 Å². The Bertz CT molecular complexity index is 890. The Labute approximate surface area is 149 Å². The van der Waals surface area contributed by atoms with Gasteiger partial charge >= 0.3 is 5.97 Å². The summed E-state index contributed by atoms with van der Waals surface area (Å²) < 4.78 is 4.64. The number of thiazole rings is 1. The molecule has 0 unspecified atom stereocenters. The number of ether oxygens (including phenoxy) is 1. The minimum Gasteiger partial charge on any atom is -0.465 e. The van der Waals surface area contributed by atoms with Crippen LogP contribution in [0, 0.1) is 0 Å². The van der Waals surface area contributed by atoms with Gasteiger partial charge in [0.15, 0.2) is 5.13 Å². The molecule has 0 aliphatic carbocycles. The van der Waals surface area contributed by atoms with Gasteiger partial charge in [0.05, 0.1) is 13.3 Å². The van der Waals surface area contributed by atoms with Crippen LogP contribution < -0.4 is 5.32 Å². The van der Waals surface area contributed by atoms with Crippen molar-refractivity contribution in [2.75, 3.05) is 12.4 Å². The summed E-state index contributed by atoms with van der Waals surface area (Å²) in [5, 5.41) is 3.11. The molecular weight excluding hydrogens is 336 g/mol. The highest BCUT2D eigenvalue weighted by atomic mass is 32.1. The van der Waals surface area contributed by atoms with Gasteiger partial charge in [-0.2, -0.15) is 0 Å². The van der Waals surface area contributed by atoms with Crippen molar-refractivity contribution in [1.29, 1.82) is 0 Å². The lowest BCUT2D eigenvalue weighted by molar-refractivity contribution is 0.0606. The van der Waals surface area contributed by atoms with Crippen molar-refractivity contribution in [3.05, 3.63) is 82.4 Å². The Morgan fingerprint density at radius 3 is 2.56 bits per heavy atom. The van der Waals surface area contributed by atoms with E-state index in [1.165, 1.54) is 13.3 Å². The minimum absolute atomic E-state index is 0.253. The van der Waals surface area contributed by atoms with Crippen molar-refractivity contribution in [3.63, 3.8) is 0 Å². The van der Waals surface area contributed by atoms with Crippen molar-refractivity contribution in [3.8, 4) is 0 Å². The van der Waals surface area contributed by atoms with Crippen LogP contribution in [0.25, 0.3) is 0 Å². The Kier molecular flexibility index (Phi) is 5.20. The zero-order chi connectivity index (χ0) is 17.6. The summed E-state index contributed by atoms with van der Waals surface area (Å²) in [4.78, 5) is 28.5. The number of carbonyl (C=O) groups excluding carboxylic acids is 2. The number of benzene rings is 2. The number of anilines is 1. The summed E-state index contributed by atoms with van der Waals surface area (Å²) in [6.07, 6.45) is 2.05. The fraction of sp³-hybridized carbons (Fsp3) is 0.105. The Balaban J connectivity index is 1.78. The number of carbonyl (C=O) groups is 2. The predicted molar refractivity (Wildman–Crippen MR) is 97.1 cm³/mol. The standard InChI is InChI=1S/C19H16N2O3S/c1-24-18(23)16-12-20-19(25-16)21-17(22)15-10-6-5-9-14(15)11-13-7-3-2-4-8-13/h2-10,12H,11H2,1H3,(H,20,21,22). The molecule has 1 aromatic heterocycles. The van der Waals surface area contributed by atoms with E-state index in [1.54, 1.807) is 6.07 Å². The van der Waals surface area contributed by atoms with Crippen LogP contribution in [-0.4, -0.2) is 24.0 Å². The Morgan fingerprint density at radius 2 is 1.80 bits per heavy atom. The number of hydrogen-bond donors (Lipinski definition) is 1. The number of aromatic nitrogens is 1. The molecule has 0 spiro atoms. The van der Waals surface area contributed by atoms with Crippen LogP contribution in [0.1, 0.15) is 31.2 Å². The summed E-state index contributed by atoms with van der Waals surface area (Å²) in [6.45, 7) is 0. The van der Waals surface area contributed by atoms with Gasteiger partial charge in [0.25, 0.3) is 5.91 Å². The molecule has 3 rings (SSSR count). The van der Waals surface area contributed by atoms with Gasteiger partial charge < -0.3 is 4.74 Å². The zero-order valence-corrected chi connectivity index (χ0v) is 14.4. The lowest BCUT2D eigenvalue weighted by Gasteiger charge is -2.09. The smallest absolute Gasteiger partial charge is 0.349 e. The number of methoxy groups -OCH3 is 1. The van der Waals surface area contributed by atoms with E-state index in [0.29, 0.717) is 22.0 Å². The second-order valence-corrected chi connectivity index (χ2v) is 6.33. The topological polar surface area (TPSA) is 68.3 Å². The van der Waals surface area contributed by atoms with E-state index in [0.717, 1.165) is 22.5 Å². The summed E-state index contributed by atoms with van der Waals surface area (Å²) in [5.41, 5.74) is 2.64. The molecule has 1 heterocycles. The molecule has 0 atom stereocenters. The van der Waals surface area contributed by atoms with E-state index in [9.17, 15) is 9.59 Å². The van der Waals surface area contributed by atoms with Gasteiger partial charge in [-0.3, -0.25) is 10.1 Å². The zero-order valence-electron chi connectivity index (χ0n) is 13.6. The molecule has 0 saturated heterocycles. The second kappa shape index (κ2) is 7.72. The van der Waals surface area contributed by atoms with Crippen LogP contribution in [0.4, 0.5) is 5.13 Å². The van der Waals surface area contributed by atoms with Gasteiger partial charge in [-0.15, -0.1) is 0 Å². The monoisotopic (exact) mass is 352 g/mol. The van der Waals surface area contributed by atoms with Crippen LogP contribution in [0.3, 0.4) is 0 Å². The van der Waals surface area contributed by atoms with Crippen molar-refractivity contribution in [2.45, 2.75) is 6.42 Å². The summed E-state index contributed by atoms with van der Waals surface area (Å²) in [7, 11) is 1.31. The van der Waals surface area contributed by atoms with Crippen LogP contribution in [-0.2, 0) is 11.2 Å². The first kappa shape index (κ1) is 16.9. The molecule has 5 nitrogen and oxygen atoms in total. The van der Waals surface area contributed by atoms with E-state index in [4.69, 9.17) is 0 Å². The molecule has 2 aromatic carbocycles. The summed E-state index contributed by atoms with van der Waals surface area (Å²) >= 11 is 1.08. The average Bonchev–Trinajstić information content (AvgIpc) is 3.11. The minimum atomic E-state index is -0.470. The van der Waals surface area contributed by atoms with Crippen LogP contribution in [0.15, 0.2) is 60.8 Å². The molecular formula is C19H16N2O3S. The second-order valence-electron chi connectivity index (χ2n) is 5.29. The van der Waals surface area contributed by atoms with Gasteiger partial charge in [-0.1, -0.05) is 59.9 Å². The highest BCUT2D eigenvalue weighted by molar-refractivity contribution is 7.17. The molecule has 1 amide bonds. The summed E-state index contributed by atoms with van der Waals surface area (Å²) in [6, 6.07) is 17.4. The van der Waals surface area contributed by atoms with Gasteiger partial charge in [0.2, 0.25) is 0 Å². The third-order valence-electron chi connectivity index (χ3n) is 3.61. The molecule has 0 bridgehead atoms. The Morgan fingerprint density at radius 1 is 1.08 bits per heavy atom. The SMILES string of the molecule is COC(=O)c1cnc(NC(=O)c2ccccc2Cc2ccccc2)s1. The summed E-state index contributed by atoms with van der Waals surface area (Å²) in [5.74, 6) is -0.722. The maximum Gasteiger partial charge on any atom is 0.349 e. The molecule has 25 heavy (non-hydrogen) atoms. The first-order chi connectivity index (χ1) is 12.2. The number of nitrogens with zero attached hydrogens (tertiary/aromatic N) is 1. The van der Waals surface area contributed by atoms with Crippen molar-refractivity contribution < 1.29 is 14.3 Å². The first-order valence-corrected chi connectivity index (χ1v) is 8.46. The van der Waals surface area contributed by atoms with E-state index < -0.39 is 5.97 Å². The van der Waals surface area contributed by atoms with Gasteiger partial charge in [-0.25, -0.2) is 9.78 Å². The number of amides is 1. The van der Waals surface area contributed by atoms with E-state index in [2.05, 4.69) is 15.0 Å². The molecule has 0 aliphatic rings. The highest BCUT2D eigenvalue weighted by Crippen LogP contribution is 2.21. The van der Waals surface area contributed by atoms with Crippen molar-refractivity contribution in [1.82, 2.24) is 4.98 Å². The maximum atomic E-state index is 12.6. The van der Waals surface area contributed by atoms with Crippen molar-refractivity contribution >= 4 is 28.3 Å². The number of nitrogens with one attached hydrogen (secondary N) is 1. The van der Waals surface area contributed by atoms with Crippen LogP contribution >= 0.6 is 11.3 Å². The molecule has 1 N–H and O–H groups in total. The fourth-order valence-electron chi connectivity index (χ4n) is 2.40. The molecule has 0 radical (unpaired) electrons. The molecule has 3 aromatic rings. The van der Waals surface area contributed by atoms with E-state index in [1.807, 2.05) is 48.5 Å². The van der Waals surface area contributed by atoms with Gasteiger partial charge in [0.1, 0.15) is 4.88 Å². The average molecular weight is 352 g/mol. The third-order valence-corrected chi connectivity index (χ3v) is 4.50. The largest absolute Gasteiger partial charge is 0.465 e. The number of rotatable bonds is 5. The lowest BCUT2D eigenvalue weighted by Crippen LogP contribution is -2.14. The van der Waals surface area contributed by atoms with E-state index in [-0.39, 0.29) is 5.91 Å². The predicted octanol–water partition coefficient (Wildman–Crippen LogP) is 3.77. The molecule has 0 saturated carbocycles.